The van der Waals surface area contributed by atoms with E-state index >= 15 is 0 Å². The van der Waals surface area contributed by atoms with Crippen LogP contribution in [0.25, 0.3) is 0 Å². The molecule has 1 aliphatic heterocycles. The van der Waals surface area contributed by atoms with Crippen LogP contribution in [0.2, 0.25) is 0 Å². The minimum Gasteiger partial charge on any atom is -0.399 e. The van der Waals surface area contributed by atoms with Crippen molar-refractivity contribution in [3.63, 3.8) is 0 Å². The van der Waals surface area contributed by atoms with Gasteiger partial charge in [0.25, 0.3) is 0 Å². The number of halogens is 3. The van der Waals surface area contributed by atoms with Gasteiger partial charge >= 0.3 is 6.18 Å². The van der Waals surface area contributed by atoms with Gasteiger partial charge in [-0.3, -0.25) is 0 Å². The fourth-order valence-corrected chi connectivity index (χ4v) is 1.92. The molecular formula is C12H14F3N3. The minimum atomic E-state index is -4.40. The molecule has 0 amide bonds. The van der Waals surface area contributed by atoms with Crippen LogP contribution in [-0.2, 0) is 6.18 Å². The molecule has 3 nitrogen and oxygen atoms in total. The van der Waals surface area contributed by atoms with Crippen LogP contribution in [0.15, 0.2) is 30.6 Å². The summed E-state index contributed by atoms with van der Waals surface area (Å²) in [5, 5.41) is 3.05. The maximum Gasteiger partial charge on any atom is 0.416 e. The Morgan fingerprint density at radius 2 is 1.89 bits per heavy atom. The second-order valence-corrected chi connectivity index (χ2v) is 4.70. The summed E-state index contributed by atoms with van der Waals surface area (Å²) in [5.74, 6) is 0. The maximum absolute atomic E-state index is 12.7. The van der Waals surface area contributed by atoms with Gasteiger partial charge < -0.3 is 16.0 Å². The van der Waals surface area contributed by atoms with Gasteiger partial charge in [0.2, 0.25) is 0 Å². The second kappa shape index (κ2) is 3.83. The van der Waals surface area contributed by atoms with Gasteiger partial charge in [0.05, 0.1) is 5.56 Å². The van der Waals surface area contributed by atoms with Crippen LogP contribution in [0, 0.1) is 0 Å². The smallest absolute Gasteiger partial charge is 0.399 e. The zero-order valence-electron chi connectivity index (χ0n) is 10.0. The predicted molar refractivity (Wildman–Crippen MR) is 64.7 cm³/mol. The standard InChI is InChI=1S/C12H14F3N3/c1-11(2)17-3-4-18(11)10-6-8(12(13,14)15)5-9(16)7-10/h3-7,17H,16H2,1-2H3. The summed E-state index contributed by atoms with van der Waals surface area (Å²) in [4.78, 5) is 1.71. The van der Waals surface area contributed by atoms with Gasteiger partial charge in [-0.15, -0.1) is 0 Å². The van der Waals surface area contributed by atoms with Crippen LogP contribution < -0.4 is 16.0 Å². The molecule has 1 aromatic rings. The molecule has 0 aliphatic carbocycles. The van der Waals surface area contributed by atoms with Crippen molar-refractivity contribution < 1.29 is 13.2 Å². The third kappa shape index (κ3) is 2.23. The van der Waals surface area contributed by atoms with Crippen LogP contribution >= 0.6 is 0 Å². The molecule has 0 bridgehead atoms. The fraction of sp³-hybridized carbons (Fsp3) is 0.333. The number of hydrogen-bond donors (Lipinski definition) is 2. The van der Waals surface area contributed by atoms with Gasteiger partial charge in [0.15, 0.2) is 0 Å². The lowest BCUT2D eigenvalue weighted by molar-refractivity contribution is -0.137. The molecule has 0 aromatic heterocycles. The molecule has 0 spiro atoms. The molecule has 6 heteroatoms. The first-order valence-electron chi connectivity index (χ1n) is 5.42. The molecule has 0 saturated heterocycles. The van der Waals surface area contributed by atoms with Crippen LogP contribution in [0.5, 0.6) is 0 Å². The Morgan fingerprint density at radius 1 is 1.22 bits per heavy atom. The van der Waals surface area contributed by atoms with Crippen molar-refractivity contribution in [2.45, 2.75) is 25.7 Å². The predicted octanol–water partition coefficient (Wildman–Crippen LogP) is 2.90. The van der Waals surface area contributed by atoms with E-state index in [1.54, 1.807) is 17.3 Å². The average Bonchev–Trinajstić information content (AvgIpc) is 2.55. The first-order valence-corrected chi connectivity index (χ1v) is 5.42. The number of nitrogens with zero attached hydrogens (tertiary/aromatic N) is 1. The summed E-state index contributed by atoms with van der Waals surface area (Å²) in [6, 6.07) is 3.55. The highest BCUT2D eigenvalue weighted by atomic mass is 19.4. The molecule has 0 radical (unpaired) electrons. The van der Waals surface area contributed by atoms with Crippen molar-refractivity contribution >= 4 is 11.4 Å². The Bertz CT molecular complexity index is 492. The SMILES string of the molecule is CC1(C)NC=CN1c1cc(N)cc(C(F)(F)F)c1. The van der Waals surface area contributed by atoms with Crippen molar-refractivity contribution in [1.29, 1.82) is 0 Å². The number of nitrogen functional groups attached to an aromatic ring is 1. The number of nitrogens with one attached hydrogen (secondary N) is 1. The molecule has 0 fully saturated rings. The molecule has 0 atom stereocenters. The summed E-state index contributed by atoms with van der Waals surface area (Å²) in [6.07, 6.45) is -1.02. The zero-order chi connectivity index (χ0) is 13.6. The van der Waals surface area contributed by atoms with Crippen LogP contribution in [-0.4, -0.2) is 5.66 Å². The summed E-state index contributed by atoms with van der Waals surface area (Å²) in [7, 11) is 0. The van der Waals surface area contributed by atoms with Gasteiger partial charge in [-0.05, 0) is 32.0 Å². The molecule has 0 saturated carbocycles. The fourth-order valence-electron chi connectivity index (χ4n) is 1.92. The highest BCUT2D eigenvalue weighted by molar-refractivity contribution is 5.62. The Balaban J connectivity index is 2.46. The average molecular weight is 257 g/mol. The molecule has 0 unspecified atom stereocenters. The van der Waals surface area contributed by atoms with Gasteiger partial charge in [-0.2, -0.15) is 13.2 Å². The monoisotopic (exact) mass is 257 g/mol. The quantitative estimate of drug-likeness (QED) is 0.760. The number of anilines is 2. The molecule has 18 heavy (non-hydrogen) atoms. The maximum atomic E-state index is 12.7. The Labute approximate surface area is 103 Å². The van der Waals surface area contributed by atoms with E-state index in [-0.39, 0.29) is 5.69 Å². The second-order valence-electron chi connectivity index (χ2n) is 4.70. The molecule has 1 aliphatic rings. The summed E-state index contributed by atoms with van der Waals surface area (Å²) in [5.41, 5.74) is 4.83. The van der Waals surface area contributed by atoms with Crippen LogP contribution in [0.4, 0.5) is 24.5 Å². The van der Waals surface area contributed by atoms with E-state index in [0.29, 0.717) is 5.69 Å². The van der Waals surface area contributed by atoms with E-state index in [1.807, 2.05) is 13.8 Å². The van der Waals surface area contributed by atoms with Crippen molar-refractivity contribution in [3.8, 4) is 0 Å². The largest absolute Gasteiger partial charge is 0.416 e. The summed E-state index contributed by atoms with van der Waals surface area (Å²) in [6.45, 7) is 3.73. The van der Waals surface area contributed by atoms with Crippen LogP contribution in [0.1, 0.15) is 19.4 Å². The normalized spacial score (nSPS) is 17.9. The van der Waals surface area contributed by atoms with Crippen LogP contribution in [0.3, 0.4) is 0 Å². The number of nitrogens with two attached hydrogens (primary N) is 1. The van der Waals surface area contributed by atoms with Crippen molar-refractivity contribution in [2.75, 3.05) is 10.6 Å². The lowest BCUT2D eigenvalue weighted by Gasteiger charge is -2.33. The van der Waals surface area contributed by atoms with E-state index in [0.717, 1.165) is 12.1 Å². The summed E-state index contributed by atoms with van der Waals surface area (Å²) < 4.78 is 38.2. The Hall–Kier alpha value is -1.85. The molecule has 1 heterocycles. The highest BCUT2D eigenvalue weighted by Crippen LogP contribution is 2.35. The molecule has 3 N–H and O–H groups in total. The highest BCUT2D eigenvalue weighted by Gasteiger charge is 2.33. The van der Waals surface area contributed by atoms with E-state index in [2.05, 4.69) is 5.32 Å². The van der Waals surface area contributed by atoms with E-state index in [1.165, 1.54) is 6.07 Å². The van der Waals surface area contributed by atoms with Crippen molar-refractivity contribution in [3.05, 3.63) is 36.2 Å². The Morgan fingerprint density at radius 3 is 2.39 bits per heavy atom. The topological polar surface area (TPSA) is 41.3 Å². The lowest BCUT2D eigenvalue weighted by Crippen LogP contribution is -2.45. The van der Waals surface area contributed by atoms with E-state index in [4.69, 9.17) is 5.73 Å². The van der Waals surface area contributed by atoms with Gasteiger partial charge in [-0.1, -0.05) is 0 Å². The molecule has 98 valence electrons. The number of benzene rings is 1. The van der Waals surface area contributed by atoms with Crippen molar-refractivity contribution in [2.24, 2.45) is 0 Å². The number of rotatable bonds is 1. The van der Waals surface area contributed by atoms with Gasteiger partial charge in [0, 0.05) is 23.8 Å². The van der Waals surface area contributed by atoms with Crippen molar-refractivity contribution in [1.82, 2.24) is 5.32 Å². The molecular weight excluding hydrogens is 243 g/mol. The minimum absolute atomic E-state index is 0.0934. The molecule has 2 rings (SSSR count). The Kier molecular flexibility index (Phi) is 2.68. The first-order chi connectivity index (χ1) is 8.20. The van der Waals surface area contributed by atoms with E-state index < -0.39 is 17.4 Å². The number of hydrogen-bond acceptors (Lipinski definition) is 3. The third-order valence-corrected chi connectivity index (χ3v) is 2.81. The molecule has 1 aromatic carbocycles. The first kappa shape index (κ1) is 12.6. The van der Waals surface area contributed by atoms with E-state index in [9.17, 15) is 13.2 Å². The zero-order valence-corrected chi connectivity index (χ0v) is 10.0. The number of alkyl halides is 3. The third-order valence-electron chi connectivity index (χ3n) is 2.81. The van der Waals surface area contributed by atoms with Gasteiger partial charge in [-0.25, -0.2) is 0 Å². The summed E-state index contributed by atoms with van der Waals surface area (Å²) >= 11 is 0. The lowest BCUT2D eigenvalue weighted by atomic mass is 10.1. The van der Waals surface area contributed by atoms with Gasteiger partial charge in [0.1, 0.15) is 5.66 Å².